The summed E-state index contributed by atoms with van der Waals surface area (Å²) in [5.74, 6) is 0. The van der Waals surface area contributed by atoms with Crippen LogP contribution in [-0.2, 0) is 0 Å². The minimum atomic E-state index is -0.0920. The first-order valence-electron chi connectivity index (χ1n) is 4.40. The van der Waals surface area contributed by atoms with Gasteiger partial charge in [0.25, 0.3) is 5.56 Å². The van der Waals surface area contributed by atoms with Crippen LogP contribution in [0.15, 0.2) is 40.0 Å². The Morgan fingerprint density at radius 1 is 1.40 bits per heavy atom. The Labute approximate surface area is 92.7 Å². The molecule has 0 amide bonds. The van der Waals surface area contributed by atoms with Crippen LogP contribution in [0.5, 0.6) is 0 Å². The number of hydrogen-bond donors (Lipinski definition) is 1. The minimum Gasteiger partial charge on any atom is -0.319 e. The summed E-state index contributed by atoms with van der Waals surface area (Å²) >= 11 is 3.27. The summed E-state index contributed by atoms with van der Waals surface area (Å²) in [5, 5.41) is 0. The third-order valence-electron chi connectivity index (χ3n) is 2.34. The largest absolute Gasteiger partial charge is 0.319 e. The fourth-order valence-corrected chi connectivity index (χ4v) is 2.01. The standard InChI is InChI=1S/C10H6BrN3O/c11-9-4-6-8(5-12-9)14-3-1-2-7(14)10(15)13-6/h1-5H,(H,13,15). The van der Waals surface area contributed by atoms with E-state index in [0.717, 1.165) is 11.0 Å². The fraction of sp³-hybridized carbons (Fsp3) is 0. The third kappa shape index (κ3) is 1.20. The summed E-state index contributed by atoms with van der Waals surface area (Å²) in [6, 6.07) is 5.41. The molecule has 1 N–H and O–H groups in total. The molecule has 0 atom stereocenters. The molecule has 5 heteroatoms. The van der Waals surface area contributed by atoms with Gasteiger partial charge in [-0.2, -0.15) is 0 Å². The van der Waals surface area contributed by atoms with Crippen molar-refractivity contribution >= 4 is 32.5 Å². The normalized spacial score (nSPS) is 11.3. The highest BCUT2D eigenvalue weighted by molar-refractivity contribution is 9.10. The number of nitrogens with one attached hydrogen (secondary N) is 1. The van der Waals surface area contributed by atoms with Gasteiger partial charge in [0.1, 0.15) is 10.1 Å². The lowest BCUT2D eigenvalue weighted by molar-refractivity contribution is 1.16. The zero-order valence-electron chi connectivity index (χ0n) is 7.57. The first-order valence-corrected chi connectivity index (χ1v) is 5.19. The lowest BCUT2D eigenvalue weighted by Crippen LogP contribution is -2.09. The van der Waals surface area contributed by atoms with Crippen molar-refractivity contribution in [1.29, 1.82) is 0 Å². The van der Waals surface area contributed by atoms with E-state index < -0.39 is 0 Å². The SMILES string of the molecule is O=c1[nH]c2cc(Br)ncc2n2cccc12. The zero-order chi connectivity index (χ0) is 10.4. The fourth-order valence-electron chi connectivity index (χ4n) is 1.68. The second kappa shape index (κ2) is 2.93. The van der Waals surface area contributed by atoms with Crippen molar-refractivity contribution < 1.29 is 0 Å². The number of nitrogens with zero attached hydrogens (tertiary/aromatic N) is 2. The second-order valence-corrected chi connectivity index (χ2v) is 4.05. The van der Waals surface area contributed by atoms with Gasteiger partial charge in [-0.25, -0.2) is 4.98 Å². The highest BCUT2D eigenvalue weighted by Gasteiger charge is 2.04. The molecule has 4 nitrogen and oxygen atoms in total. The van der Waals surface area contributed by atoms with Crippen molar-refractivity contribution in [1.82, 2.24) is 14.4 Å². The number of H-pyrrole nitrogens is 1. The Kier molecular flexibility index (Phi) is 1.70. The molecule has 0 aliphatic heterocycles. The van der Waals surface area contributed by atoms with Crippen LogP contribution in [0.4, 0.5) is 0 Å². The van der Waals surface area contributed by atoms with E-state index in [-0.39, 0.29) is 5.56 Å². The molecule has 0 fully saturated rings. The van der Waals surface area contributed by atoms with Gasteiger partial charge >= 0.3 is 0 Å². The van der Waals surface area contributed by atoms with Gasteiger partial charge in [0.05, 0.1) is 17.2 Å². The van der Waals surface area contributed by atoms with Crippen LogP contribution in [-0.4, -0.2) is 14.4 Å². The zero-order valence-corrected chi connectivity index (χ0v) is 9.15. The number of halogens is 1. The monoisotopic (exact) mass is 263 g/mol. The van der Waals surface area contributed by atoms with Crippen molar-refractivity contribution in [2.45, 2.75) is 0 Å². The summed E-state index contributed by atoms with van der Waals surface area (Å²) in [4.78, 5) is 18.6. The Morgan fingerprint density at radius 2 is 2.27 bits per heavy atom. The number of pyridine rings is 1. The molecule has 3 rings (SSSR count). The van der Waals surface area contributed by atoms with Crippen molar-refractivity contribution in [3.63, 3.8) is 0 Å². The number of aromatic nitrogens is 3. The van der Waals surface area contributed by atoms with Crippen LogP contribution >= 0.6 is 15.9 Å². The summed E-state index contributed by atoms with van der Waals surface area (Å²) in [5.41, 5.74) is 2.19. The van der Waals surface area contributed by atoms with Crippen molar-refractivity contribution in [2.24, 2.45) is 0 Å². The van der Waals surface area contributed by atoms with E-state index in [1.54, 1.807) is 18.3 Å². The topological polar surface area (TPSA) is 50.2 Å². The van der Waals surface area contributed by atoms with Gasteiger partial charge in [-0.1, -0.05) is 0 Å². The number of hydrogen-bond acceptors (Lipinski definition) is 2. The number of fused-ring (bicyclic) bond motifs is 3. The van der Waals surface area contributed by atoms with Crippen LogP contribution < -0.4 is 5.56 Å². The van der Waals surface area contributed by atoms with Gasteiger partial charge in [-0.15, -0.1) is 0 Å². The quantitative estimate of drug-likeness (QED) is 0.631. The molecule has 0 aliphatic carbocycles. The highest BCUT2D eigenvalue weighted by Crippen LogP contribution is 2.15. The summed E-state index contributed by atoms with van der Waals surface area (Å²) in [7, 11) is 0. The van der Waals surface area contributed by atoms with Crippen LogP contribution in [0.3, 0.4) is 0 Å². The van der Waals surface area contributed by atoms with Crippen LogP contribution in [0, 0.1) is 0 Å². The van der Waals surface area contributed by atoms with Gasteiger partial charge in [0.15, 0.2) is 0 Å². The number of rotatable bonds is 0. The molecule has 0 saturated heterocycles. The Morgan fingerprint density at radius 3 is 3.13 bits per heavy atom. The Bertz CT molecular complexity index is 713. The van der Waals surface area contributed by atoms with Gasteiger partial charge < -0.3 is 9.38 Å². The van der Waals surface area contributed by atoms with E-state index in [2.05, 4.69) is 25.9 Å². The molecule has 0 radical (unpaired) electrons. The van der Waals surface area contributed by atoms with Crippen molar-refractivity contribution in [3.8, 4) is 0 Å². The molecule has 3 aromatic rings. The molecule has 74 valence electrons. The van der Waals surface area contributed by atoms with E-state index in [0.29, 0.717) is 10.1 Å². The lowest BCUT2D eigenvalue weighted by atomic mass is 10.4. The van der Waals surface area contributed by atoms with Crippen LogP contribution in [0.25, 0.3) is 16.6 Å². The van der Waals surface area contributed by atoms with E-state index in [1.165, 1.54) is 0 Å². The Balaban J connectivity index is 2.66. The van der Waals surface area contributed by atoms with E-state index in [4.69, 9.17) is 0 Å². The molecule has 0 spiro atoms. The molecule has 3 heterocycles. The molecule has 0 aromatic carbocycles. The lowest BCUT2D eigenvalue weighted by Gasteiger charge is -2.01. The van der Waals surface area contributed by atoms with Crippen LogP contribution in [0.1, 0.15) is 0 Å². The van der Waals surface area contributed by atoms with Crippen molar-refractivity contribution in [3.05, 3.63) is 45.5 Å². The van der Waals surface area contributed by atoms with E-state index >= 15 is 0 Å². The summed E-state index contributed by atoms with van der Waals surface area (Å²) in [6.45, 7) is 0. The van der Waals surface area contributed by atoms with E-state index in [9.17, 15) is 4.79 Å². The maximum Gasteiger partial charge on any atom is 0.272 e. The molecule has 0 unspecified atom stereocenters. The van der Waals surface area contributed by atoms with Gasteiger partial charge in [-0.05, 0) is 34.1 Å². The molecular weight excluding hydrogens is 258 g/mol. The maximum atomic E-state index is 11.7. The molecule has 3 aromatic heterocycles. The first kappa shape index (κ1) is 8.67. The smallest absolute Gasteiger partial charge is 0.272 e. The minimum absolute atomic E-state index is 0.0920. The van der Waals surface area contributed by atoms with Gasteiger partial charge in [0.2, 0.25) is 0 Å². The van der Waals surface area contributed by atoms with Crippen molar-refractivity contribution in [2.75, 3.05) is 0 Å². The molecule has 0 saturated carbocycles. The molecular formula is C10H6BrN3O. The summed E-state index contributed by atoms with van der Waals surface area (Å²) in [6.07, 6.45) is 3.57. The molecule has 15 heavy (non-hydrogen) atoms. The van der Waals surface area contributed by atoms with E-state index in [1.807, 2.05) is 16.7 Å². The predicted molar refractivity (Wildman–Crippen MR) is 61.0 cm³/mol. The average Bonchev–Trinajstić information content (AvgIpc) is 2.66. The average molecular weight is 264 g/mol. The summed E-state index contributed by atoms with van der Waals surface area (Å²) < 4.78 is 2.53. The maximum absolute atomic E-state index is 11.7. The highest BCUT2D eigenvalue weighted by atomic mass is 79.9. The van der Waals surface area contributed by atoms with Gasteiger partial charge in [0, 0.05) is 6.20 Å². The second-order valence-electron chi connectivity index (χ2n) is 3.24. The molecule has 0 bridgehead atoms. The van der Waals surface area contributed by atoms with Crippen LogP contribution in [0.2, 0.25) is 0 Å². The Hall–Kier alpha value is -1.62. The number of aromatic amines is 1. The van der Waals surface area contributed by atoms with Gasteiger partial charge in [-0.3, -0.25) is 4.79 Å². The molecule has 0 aliphatic rings. The third-order valence-corrected chi connectivity index (χ3v) is 2.77. The predicted octanol–water partition coefficient (Wildman–Crippen LogP) is 1.94. The first-order chi connectivity index (χ1) is 7.25.